The molecule has 3 atom stereocenters. The van der Waals surface area contributed by atoms with Crippen LogP contribution < -0.4 is 10.0 Å². The van der Waals surface area contributed by atoms with E-state index in [-0.39, 0.29) is 13.2 Å². The molecule has 8 heteroatoms. The number of hydrogen-bond donors (Lipinski definition) is 2. The minimum Gasteiger partial charge on any atom is -0.445 e. The molecule has 1 aromatic heterocycles. The van der Waals surface area contributed by atoms with Crippen molar-refractivity contribution in [2.75, 3.05) is 6.61 Å². The summed E-state index contributed by atoms with van der Waals surface area (Å²) in [6, 6.07) is 24.0. The minimum absolute atomic E-state index is 0.149. The van der Waals surface area contributed by atoms with Crippen LogP contribution in [0.5, 0.6) is 0 Å². The van der Waals surface area contributed by atoms with E-state index in [4.69, 9.17) is 9.47 Å². The minimum atomic E-state index is -1.38. The molecule has 0 radical (unpaired) electrons. The van der Waals surface area contributed by atoms with Crippen LogP contribution in [0.15, 0.2) is 85.1 Å². The molecular weight excluding hydrogens is 474 g/mol. The fourth-order valence-electron chi connectivity index (χ4n) is 3.38. The Labute approximate surface area is 216 Å². The van der Waals surface area contributed by atoms with E-state index < -0.39 is 33.9 Å². The summed E-state index contributed by atoms with van der Waals surface area (Å²) in [5, 5.41) is 2.94. The first-order chi connectivity index (χ1) is 17.3. The van der Waals surface area contributed by atoms with Crippen LogP contribution in [0.25, 0.3) is 0 Å². The van der Waals surface area contributed by atoms with Gasteiger partial charge in [-0.3, -0.25) is 4.98 Å². The Morgan fingerprint density at radius 2 is 1.50 bits per heavy atom. The Morgan fingerprint density at radius 3 is 2.08 bits per heavy atom. The third-order valence-electron chi connectivity index (χ3n) is 5.38. The van der Waals surface area contributed by atoms with Crippen molar-refractivity contribution < 1.29 is 18.5 Å². The second kappa shape index (κ2) is 13.9. The Bertz CT molecular complexity index is 1080. The summed E-state index contributed by atoms with van der Waals surface area (Å²) in [5.74, 6) is 0. The highest BCUT2D eigenvalue weighted by molar-refractivity contribution is 7.84. The number of amides is 1. The van der Waals surface area contributed by atoms with Gasteiger partial charge in [-0.15, -0.1) is 0 Å². The molecule has 1 unspecified atom stereocenters. The van der Waals surface area contributed by atoms with Crippen LogP contribution in [-0.4, -0.2) is 38.7 Å². The van der Waals surface area contributed by atoms with Crippen molar-refractivity contribution in [3.63, 3.8) is 0 Å². The Balaban J connectivity index is 1.75. The summed E-state index contributed by atoms with van der Waals surface area (Å²) in [4.78, 5) is 17.2. The van der Waals surface area contributed by atoms with Gasteiger partial charge in [0.1, 0.15) is 6.61 Å². The molecule has 3 aromatic rings. The van der Waals surface area contributed by atoms with E-state index in [1.54, 1.807) is 6.20 Å². The fraction of sp³-hybridized carbons (Fsp3) is 0.357. The zero-order valence-corrected chi connectivity index (χ0v) is 21.9. The monoisotopic (exact) mass is 509 g/mol. The molecule has 192 valence electrons. The van der Waals surface area contributed by atoms with Gasteiger partial charge in [-0.2, -0.15) is 0 Å². The van der Waals surface area contributed by atoms with Crippen LogP contribution in [0.2, 0.25) is 0 Å². The van der Waals surface area contributed by atoms with Crippen molar-refractivity contribution in [2.45, 2.75) is 57.2 Å². The molecular formula is C28H35N3O4S. The number of alkyl carbamates (subject to hydrolysis) is 1. The van der Waals surface area contributed by atoms with Crippen LogP contribution in [0.1, 0.15) is 37.6 Å². The first kappa shape index (κ1) is 27.5. The molecule has 0 aliphatic carbocycles. The van der Waals surface area contributed by atoms with E-state index in [9.17, 15) is 9.00 Å². The number of nitrogens with one attached hydrogen (secondary N) is 2. The molecule has 0 spiro atoms. The van der Waals surface area contributed by atoms with Crippen molar-refractivity contribution >= 4 is 17.1 Å². The smallest absolute Gasteiger partial charge is 0.407 e. The zero-order chi connectivity index (χ0) is 25.8. The molecule has 2 N–H and O–H groups in total. The predicted octanol–water partition coefficient (Wildman–Crippen LogP) is 4.56. The average molecular weight is 510 g/mol. The second-order valence-electron chi connectivity index (χ2n) is 9.44. The normalized spacial score (nSPS) is 14.0. The maximum Gasteiger partial charge on any atom is 0.407 e. The van der Waals surface area contributed by atoms with Crippen molar-refractivity contribution in [1.29, 1.82) is 0 Å². The van der Waals surface area contributed by atoms with E-state index in [2.05, 4.69) is 15.0 Å². The lowest BCUT2D eigenvalue weighted by atomic mass is 10.0. The van der Waals surface area contributed by atoms with Crippen LogP contribution >= 0.6 is 0 Å². The number of pyridine rings is 1. The maximum absolute atomic E-state index is 13.1. The highest BCUT2D eigenvalue weighted by Gasteiger charge is 2.30. The zero-order valence-electron chi connectivity index (χ0n) is 21.1. The largest absolute Gasteiger partial charge is 0.445 e. The van der Waals surface area contributed by atoms with Crippen LogP contribution in [-0.2, 0) is 40.1 Å². The standard InChI is InChI=1S/C28H35N3O4S/c1-28(2,3)36(33)31-25(18-24-16-10-11-17-29-24)26(21-34-19-22-12-6-4-7-13-22)30-27(32)35-20-23-14-8-5-9-15-23/h4-17,25-26,31H,18-21H2,1-3H3,(H,30,32)/t25-,26+,36?/m1/s1. The molecule has 36 heavy (non-hydrogen) atoms. The number of ether oxygens (including phenoxy) is 2. The summed E-state index contributed by atoms with van der Waals surface area (Å²) >= 11 is 0. The first-order valence-electron chi connectivity index (χ1n) is 12.0. The summed E-state index contributed by atoms with van der Waals surface area (Å²) in [6.07, 6.45) is 1.60. The third-order valence-corrected chi connectivity index (χ3v) is 7.01. The SMILES string of the molecule is CC(C)(C)S(=O)N[C@H](Cc1ccccn1)[C@H](COCc1ccccc1)NC(=O)OCc1ccccc1. The molecule has 3 rings (SSSR count). The van der Waals surface area contributed by atoms with Crippen LogP contribution in [0, 0.1) is 0 Å². The Morgan fingerprint density at radius 1 is 0.889 bits per heavy atom. The van der Waals surface area contributed by atoms with Gasteiger partial charge in [-0.1, -0.05) is 66.7 Å². The number of hydrogen-bond acceptors (Lipinski definition) is 5. The summed E-state index contributed by atoms with van der Waals surface area (Å²) < 4.78 is 27.2. The van der Waals surface area contributed by atoms with Crippen LogP contribution in [0.3, 0.4) is 0 Å². The summed E-state index contributed by atoms with van der Waals surface area (Å²) in [7, 11) is -1.38. The van der Waals surface area contributed by atoms with Gasteiger partial charge in [0.15, 0.2) is 0 Å². The molecule has 0 aliphatic heterocycles. The predicted molar refractivity (Wildman–Crippen MR) is 142 cm³/mol. The van der Waals surface area contributed by atoms with Crippen molar-refractivity contribution in [1.82, 2.24) is 15.0 Å². The van der Waals surface area contributed by atoms with Gasteiger partial charge in [0, 0.05) is 24.4 Å². The van der Waals surface area contributed by atoms with Gasteiger partial charge in [-0.05, 0) is 44.0 Å². The van der Waals surface area contributed by atoms with E-state index >= 15 is 0 Å². The Hall–Kier alpha value is -3.07. The topological polar surface area (TPSA) is 89.5 Å². The van der Waals surface area contributed by atoms with Gasteiger partial charge < -0.3 is 14.8 Å². The number of carbonyl (C=O) groups excluding carboxylic acids is 1. The van der Waals surface area contributed by atoms with Crippen molar-refractivity contribution in [2.24, 2.45) is 0 Å². The quantitative estimate of drug-likeness (QED) is 0.374. The molecule has 0 saturated heterocycles. The van der Waals surface area contributed by atoms with Gasteiger partial charge in [0.2, 0.25) is 0 Å². The van der Waals surface area contributed by atoms with Crippen molar-refractivity contribution in [3.05, 3.63) is 102 Å². The maximum atomic E-state index is 13.1. The molecule has 0 bridgehead atoms. The molecule has 2 aromatic carbocycles. The number of rotatable bonds is 12. The highest BCUT2D eigenvalue weighted by atomic mass is 32.2. The first-order valence-corrected chi connectivity index (χ1v) is 13.1. The second-order valence-corrected chi connectivity index (χ2v) is 11.4. The summed E-state index contributed by atoms with van der Waals surface area (Å²) in [6.45, 7) is 6.43. The fourth-order valence-corrected chi connectivity index (χ4v) is 4.25. The number of benzene rings is 2. The number of nitrogens with zero attached hydrogens (tertiary/aromatic N) is 1. The third kappa shape index (κ3) is 9.53. The van der Waals surface area contributed by atoms with E-state index in [0.29, 0.717) is 13.0 Å². The molecule has 1 heterocycles. The van der Waals surface area contributed by atoms with E-state index in [1.807, 2.05) is 99.6 Å². The average Bonchev–Trinajstić information content (AvgIpc) is 2.88. The van der Waals surface area contributed by atoms with Gasteiger partial charge >= 0.3 is 6.09 Å². The van der Waals surface area contributed by atoms with E-state index in [1.165, 1.54) is 0 Å². The van der Waals surface area contributed by atoms with Gasteiger partial charge in [0.05, 0.1) is 35.0 Å². The summed E-state index contributed by atoms with van der Waals surface area (Å²) in [5.41, 5.74) is 2.73. The van der Waals surface area contributed by atoms with Crippen molar-refractivity contribution in [3.8, 4) is 0 Å². The van der Waals surface area contributed by atoms with Crippen LogP contribution in [0.4, 0.5) is 4.79 Å². The number of aromatic nitrogens is 1. The molecule has 0 fully saturated rings. The van der Waals surface area contributed by atoms with Gasteiger partial charge in [0.25, 0.3) is 0 Å². The molecule has 0 aliphatic rings. The number of carbonyl (C=O) groups is 1. The van der Waals surface area contributed by atoms with Gasteiger partial charge in [-0.25, -0.2) is 13.7 Å². The van der Waals surface area contributed by atoms with E-state index in [0.717, 1.165) is 16.8 Å². The lowest BCUT2D eigenvalue weighted by Gasteiger charge is -2.30. The highest BCUT2D eigenvalue weighted by Crippen LogP contribution is 2.14. The Kier molecular flexibility index (Phi) is 10.6. The lowest BCUT2D eigenvalue weighted by Crippen LogP contribution is -2.55. The molecule has 7 nitrogen and oxygen atoms in total. The molecule has 0 saturated carbocycles. The lowest BCUT2D eigenvalue weighted by molar-refractivity contribution is 0.0807. The molecule has 1 amide bonds.